The molecule has 0 N–H and O–H groups in total. The molecule has 0 spiro atoms. The molecule has 2 aromatic heterocycles. The molecule has 1 aliphatic heterocycles. The second-order valence-electron chi connectivity index (χ2n) is 6.95. The van der Waals surface area contributed by atoms with Gasteiger partial charge in [0.15, 0.2) is 5.43 Å². The van der Waals surface area contributed by atoms with Crippen LogP contribution in [0.15, 0.2) is 44.5 Å². The normalized spacial score (nSPS) is 13.8. The molecule has 0 bridgehead atoms. The maximum atomic E-state index is 12.7. The van der Waals surface area contributed by atoms with Crippen molar-refractivity contribution < 1.29 is 12.9 Å². The third-order valence-corrected chi connectivity index (χ3v) is 7.06. The lowest BCUT2D eigenvalue weighted by atomic mass is 10.1. The van der Waals surface area contributed by atoms with Crippen LogP contribution in [0.2, 0.25) is 5.02 Å². The highest BCUT2D eigenvalue weighted by molar-refractivity contribution is 7.89. The molecule has 1 aromatic carbocycles. The fraction of sp³-hybridized carbons (Fsp3) is 0.316. The van der Waals surface area contributed by atoms with E-state index in [0.29, 0.717) is 10.6 Å². The van der Waals surface area contributed by atoms with Crippen molar-refractivity contribution in [3.05, 3.63) is 62.9 Å². The summed E-state index contributed by atoms with van der Waals surface area (Å²) in [5.41, 5.74) is 2.06. The third kappa shape index (κ3) is 3.61. The number of hydrogen-bond acceptors (Lipinski definition) is 6. The van der Waals surface area contributed by atoms with Crippen LogP contribution in [0, 0.1) is 6.92 Å². The van der Waals surface area contributed by atoms with E-state index in [-0.39, 0.29) is 28.6 Å². The Morgan fingerprint density at radius 1 is 1.28 bits per heavy atom. The number of pyridine rings is 1. The van der Waals surface area contributed by atoms with Crippen molar-refractivity contribution in [2.75, 3.05) is 7.05 Å². The lowest BCUT2D eigenvalue weighted by molar-refractivity contribution is 0.336. The van der Waals surface area contributed by atoms with Crippen LogP contribution in [-0.4, -0.2) is 34.5 Å². The predicted octanol–water partition coefficient (Wildman–Crippen LogP) is 2.63. The fourth-order valence-electron chi connectivity index (χ4n) is 3.53. The summed E-state index contributed by atoms with van der Waals surface area (Å²) < 4.78 is 33.9. The molecule has 152 valence electrons. The van der Waals surface area contributed by atoms with Crippen LogP contribution in [0.3, 0.4) is 0 Å². The summed E-state index contributed by atoms with van der Waals surface area (Å²) in [5.74, 6) is 0.296. The van der Waals surface area contributed by atoms with Gasteiger partial charge in [-0.1, -0.05) is 16.8 Å². The lowest BCUT2D eigenvalue weighted by Gasteiger charge is -2.15. The Morgan fingerprint density at radius 2 is 2.00 bits per heavy atom. The fourth-order valence-corrected chi connectivity index (χ4v) is 4.77. The predicted molar refractivity (Wildman–Crippen MR) is 107 cm³/mol. The average molecular weight is 435 g/mol. The maximum Gasteiger partial charge on any atom is 0.243 e. The maximum absolute atomic E-state index is 12.7. The molecule has 0 amide bonds. The van der Waals surface area contributed by atoms with Crippen molar-refractivity contribution in [3.8, 4) is 11.4 Å². The van der Waals surface area contributed by atoms with Crippen LogP contribution in [0.4, 0.5) is 0 Å². The minimum absolute atomic E-state index is 0.108. The molecule has 8 nitrogen and oxygen atoms in total. The SMILES string of the molecule is Cc1cc(=O)c(-c2noc(CN(C)S(=O)(=O)c3ccc(Cl)cc3)n2)c2n1CCC2. The molecule has 0 fully saturated rings. The zero-order chi connectivity index (χ0) is 20.8. The number of aryl methyl sites for hydroxylation is 1. The molecule has 0 saturated heterocycles. The Kier molecular flexibility index (Phi) is 5.05. The Morgan fingerprint density at radius 3 is 2.72 bits per heavy atom. The average Bonchev–Trinajstić information content (AvgIpc) is 3.32. The van der Waals surface area contributed by atoms with E-state index >= 15 is 0 Å². The van der Waals surface area contributed by atoms with Crippen LogP contribution < -0.4 is 5.43 Å². The minimum Gasteiger partial charge on any atom is -0.348 e. The van der Waals surface area contributed by atoms with Gasteiger partial charge in [-0.3, -0.25) is 4.79 Å². The molecular formula is C19H19ClN4O4S. The van der Waals surface area contributed by atoms with Gasteiger partial charge in [0.1, 0.15) is 0 Å². The molecule has 3 heterocycles. The Bertz CT molecular complexity index is 1230. The monoisotopic (exact) mass is 434 g/mol. The Balaban J connectivity index is 1.62. The number of fused-ring (bicyclic) bond motifs is 1. The number of halogens is 1. The minimum atomic E-state index is -3.75. The smallest absolute Gasteiger partial charge is 0.243 e. The van der Waals surface area contributed by atoms with E-state index in [1.54, 1.807) is 6.07 Å². The van der Waals surface area contributed by atoms with E-state index in [1.807, 2.05) is 6.92 Å². The van der Waals surface area contributed by atoms with Gasteiger partial charge in [-0.25, -0.2) is 8.42 Å². The molecule has 29 heavy (non-hydrogen) atoms. The number of hydrogen-bond donors (Lipinski definition) is 0. The van der Waals surface area contributed by atoms with Crippen molar-refractivity contribution in [1.29, 1.82) is 0 Å². The highest BCUT2D eigenvalue weighted by Gasteiger charge is 2.26. The van der Waals surface area contributed by atoms with Crippen LogP contribution in [0.25, 0.3) is 11.4 Å². The summed E-state index contributed by atoms with van der Waals surface area (Å²) in [4.78, 5) is 17.0. The van der Waals surface area contributed by atoms with Crippen molar-refractivity contribution in [1.82, 2.24) is 19.0 Å². The van der Waals surface area contributed by atoms with E-state index in [1.165, 1.54) is 31.3 Å². The number of nitrogens with zero attached hydrogens (tertiary/aromatic N) is 4. The zero-order valence-electron chi connectivity index (χ0n) is 15.9. The van der Waals surface area contributed by atoms with Crippen LogP contribution in [-0.2, 0) is 29.5 Å². The van der Waals surface area contributed by atoms with Crippen molar-refractivity contribution in [2.24, 2.45) is 0 Å². The number of rotatable bonds is 5. The van der Waals surface area contributed by atoms with Crippen LogP contribution in [0.5, 0.6) is 0 Å². The Hall–Kier alpha value is -2.49. The van der Waals surface area contributed by atoms with Gasteiger partial charge in [0.25, 0.3) is 0 Å². The summed E-state index contributed by atoms with van der Waals surface area (Å²) in [6.45, 7) is 2.63. The van der Waals surface area contributed by atoms with Crippen LogP contribution in [0.1, 0.15) is 23.7 Å². The molecule has 4 rings (SSSR count). The molecule has 0 saturated carbocycles. The molecular weight excluding hydrogens is 416 g/mol. The summed E-state index contributed by atoms with van der Waals surface area (Å²) in [6.07, 6.45) is 1.71. The van der Waals surface area contributed by atoms with Gasteiger partial charge in [-0.2, -0.15) is 9.29 Å². The van der Waals surface area contributed by atoms with E-state index in [9.17, 15) is 13.2 Å². The standard InChI is InChI=1S/C19H19ClN4O4S/c1-12-10-16(25)18(15-4-3-9-24(12)15)19-21-17(28-22-19)11-23(2)29(26,27)14-7-5-13(20)6-8-14/h5-8,10H,3-4,9,11H2,1-2H3. The molecule has 0 unspecified atom stereocenters. The van der Waals surface area contributed by atoms with Crippen molar-refractivity contribution >= 4 is 21.6 Å². The number of aromatic nitrogens is 3. The first-order valence-corrected chi connectivity index (χ1v) is 10.9. The van der Waals surface area contributed by atoms with E-state index < -0.39 is 10.0 Å². The summed E-state index contributed by atoms with van der Waals surface area (Å²) in [5, 5.41) is 4.38. The van der Waals surface area contributed by atoms with Crippen molar-refractivity contribution in [3.63, 3.8) is 0 Å². The van der Waals surface area contributed by atoms with Crippen molar-refractivity contribution in [2.45, 2.75) is 37.8 Å². The highest BCUT2D eigenvalue weighted by Crippen LogP contribution is 2.25. The van der Waals surface area contributed by atoms with E-state index in [2.05, 4.69) is 14.7 Å². The largest absolute Gasteiger partial charge is 0.348 e. The van der Waals surface area contributed by atoms with Crippen LogP contribution >= 0.6 is 11.6 Å². The van der Waals surface area contributed by atoms with Gasteiger partial charge in [0.05, 0.1) is 17.0 Å². The zero-order valence-corrected chi connectivity index (χ0v) is 17.5. The summed E-state index contributed by atoms with van der Waals surface area (Å²) >= 11 is 5.83. The molecule has 3 aromatic rings. The number of sulfonamides is 1. The second-order valence-corrected chi connectivity index (χ2v) is 9.43. The Labute approximate surface area is 172 Å². The van der Waals surface area contributed by atoms with Gasteiger partial charge in [0.2, 0.25) is 21.7 Å². The summed E-state index contributed by atoms with van der Waals surface area (Å²) in [7, 11) is -2.33. The van der Waals surface area contributed by atoms with Gasteiger partial charge < -0.3 is 9.09 Å². The summed E-state index contributed by atoms with van der Waals surface area (Å²) in [6, 6.07) is 7.46. The van der Waals surface area contributed by atoms with Gasteiger partial charge >= 0.3 is 0 Å². The van der Waals surface area contributed by atoms with E-state index in [0.717, 1.165) is 35.1 Å². The second kappa shape index (κ2) is 7.40. The first-order chi connectivity index (χ1) is 13.8. The number of benzene rings is 1. The first-order valence-electron chi connectivity index (χ1n) is 9.05. The van der Waals surface area contributed by atoms with Gasteiger partial charge in [-0.15, -0.1) is 0 Å². The lowest BCUT2D eigenvalue weighted by Crippen LogP contribution is -2.26. The van der Waals surface area contributed by atoms with Gasteiger partial charge in [-0.05, 0) is 44.0 Å². The molecule has 0 aliphatic carbocycles. The first kappa shape index (κ1) is 19.8. The molecule has 0 radical (unpaired) electrons. The highest BCUT2D eigenvalue weighted by atomic mass is 35.5. The van der Waals surface area contributed by atoms with E-state index in [4.69, 9.17) is 16.1 Å². The third-order valence-electron chi connectivity index (χ3n) is 4.99. The molecule has 1 aliphatic rings. The quantitative estimate of drug-likeness (QED) is 0.612. The molecule has 10 heteroatoms. The topological polar surface area (TPSA) is 98.3 Å². The van der Waals surface area contributed by atoms with Gasteiger partial charge in [0, 0.05) is 36.1 Å². The molecule has 0 atom stereocenters.